The number of halogens is 3. The first-order valence-corrected chi connectivity index (χ1v) is 11.9. The quantitative estimate of drug-likeness (QED) is 0.651. The largest absolute Gasteiger partial charge is 0.490 e. The predicted molar refractivity (Wildman–Crippen MR) is 127 cm³/mol. The molecule has 4 rings (SSSR count). The summed E-state index contributed by atoms with van der Waals surface area (Å²) in [6.45, 7) is 4.41. The van der Waals surface area contributed by atoms with E-state index in [0.717, 1.165) is 24.2 Å². The summed E-state index contributed by atoms with van der Waals surface area (Å²) < 4.78 is 31.7. The normalized spacial score (nSPS) is 20.5. The second-order valence-corrected chi connectivity index (χ2v) is 9.28. The van der Waals surface area contributed by atoms with Crippen LogP contribution in [0.4, 0.5) is 29.3 Å². The number of alkyl halides is 3. The van der Waals surface area contributed by atoms with Crippen molar-refractivity contribution in [2.75, 3.05) is 43.4 Å². The van der Waals surface area contributed by atoms with Crippen LogP contribution in [-0.2, 0) is 16.0 Å². The molecule has 0 radical (unpaired) electrons. The number of anilines is 2. The van der Waals surface area contributed by atoms with Gasteiger partial charge in [0.1, 0.15) is 0 Å². The van der Waals surface area contributed by atoms with Crippen LogP contribution in [0.5, 0.6) is 0 Å². The van der Waals surface area contributed by atoms with Crippen LogP contribution in [0.3, 0.4) is 0 Å². The highest BCUT2D eigenvalue weighted by atomic mass is 32.1. The fourth-order valence-electron chi connectivity index (χ4n) is 4.15. The highest BCUT2D eigenvalue weighted by Gasteiger charge is 2.48. The molecule has 0 saturated carbocycles. The minimum absolute atomic E-state index is 0.0717. The molecule has 0 bridgehead atoms. The number of piperazine rings is 1. The topological polar surface area (TPSA) is 93.2 Å². The molecule has 3 heterocycles. The molecule has 2 aliphatic heterocycles. The molecular weight excluding hydrogens is 485 g/mol. The molecule has 3 amide bonds. The lowest BCUT2D eigenvalue weighted by atomic mass is 9.93. The SMILES string of the molecule is CCc1cccc(NC(=O)N2CCC3(C2)CN(c2ccsc2)C(=O)CN3C)c1.O=C(O)C(F)(F)F. The lowest BCUT2D eigenvalue weighted by Gasteiger charge is -2.46. The summed E-state index contributed by atoms with van der Waals surface area (Å²) in [6, 6.07) is 9.90. The van der Waals surface area contributed by atoms with Crippen molar-refractivity contribution in [3.05, 3.63) is 46.7 Å². The van der Waals surface area contributed by atoms with Gasteiger partial charge in [0.05, 0.1) is 17.8 Å². The molecule has 2 fully saturated rings. The molecule has 2 saturated heterocycles. The molecule has 190 valence electrons. The van der Waals surface area contributed by atoms with Crippen LogP contribution in [-0.4, -0.2) is 77.8 Å². The van der Waals surface area contributed by atoms with Crippen molar-refractivity contribution in [3.63, 3.8) is 0 Å². The lowest BCUT2D eigenvalue weighted by molar-refractivity contribution is -0.192. The average molecular weight is 513 g/mol. The third kappa shape index (κ3) is 6.31. The van der Waals surface area contributed by atoms with Crippen molar-refractivity contribution in [2.24, 2.45) is 0 Å². The number of hydrogen-bond acceptors (Lipinski definition) is 5. The van der Waals surface area contributed by atoms with Crippen LogP contribution >= 0.6 is 11.3 Å². The summed E-state index contributed by atoms with van der Waals surface area (Å²) in [6.07, 6.45) is -3.28. The molecule has 1 unspecified atom stereocenters. The van der Waals surface area contributed by atoms with Gasteiger partial charge in [0.2, 0.25) is 5.91 Å². The number of nitrogens with zero attached hydrogens (tertiary/aromatic N) is 3. The van der Waals surface area contributed by atoms with Gasteiger partial charge in [0.15, 0.2) is 0 Å². The van der Waals surface area contributed by atoms with Gasteiger partial charge in [-0.3, -0.25) is 9.69 Å². The van der Waals surface area contributed by atoms with E-state index >= 15 is 0 Å². The van der Waals surface area contributed by atoms with Crippen LogP contribution in [0.25, 0.3) is 0 Å². The third-order valence-electron chi connectivity index (χ3n) is 6.20. The second-order valence-electron chi connectivity index (χ2n) is 8.50. The van der Waals surface area contributed by atoms with Crippen LogP contribution in [0.15, 0.2) is 41.1 Å². The summed E-state index contributed by atoms with van der Waals surface area (Å²) in [5.74, 6) is -2.64. The second kappa shape index (κ2) is 10.6. The fraction of sp³-hybridized carbons (Fsp3) is 0.435. The number of likely N-dealkylation sites (tertiary alicyclic amines) is 1. The number of aryl methyl sites for hydroxylation is 1. The van der Waals surface area contributed by atoms with Gasteiger partial charge in [-0.1, -0.05) is 19.1 Å². The van der Waals surface area contributed by atoms with Crippen molar-refractivity contribution in [3.8, 4) is 0 Å². The van der Waals surface area contributed by atoms with E-state index in [-0.39, 0.29) is 17.5 Å². The van der Waals surface area contributed by atoms with Crippen molar-refractivity contribution in [1.29, 1.82) is 0 Å². The number of carbonyl (C=O) groups is 3. The fourth-order valence-corrected chi connectivity index (χ4v) is 4.79. The molecule has 1 aromatic carbocycles. The van der Waals surface area contributed by atoms with E-state index in [1.54, 1.807) is 11.3 Å². The molecule has 1 spiro atoms. The molecule has 0 aliphatic carbocycles. The van der Waals surface area contributed by atoms with E-state index in [2.05, 4.69) is 23.2 Å². The Kier molecular flexibility index (Phi) is 8.06. The Labute approximate surface area is 204 Å². The van der Waals surface area contributed by atoms with Crippen LogP contribution in [0.2, 0.25) is 0 Å². The van der Waals surface area contributed by atoms with Crippen LogP contribution in [0, 0.1) is 0 Å². The molecular formula is C23H27F3N4O4S. The minimum atomic E-state index is -5.08. The molecule has 2 aliphatic rings. The summed E-state index contributed by atoms with van der Waals surface area (Å²) in [4.78, 5) is 40.2. The van der Waals surface area contributed by atoms with Gasteiger partial charge in [0.25, 0.3) is 0 Å². The van der Waals surface area contributed by atoms with Crippen molar-refractivity contribution < 1.29 is 32.7 Å². The third-order valence-corrected chi connectivity index (χ3v) is 6.87. The lowest BCUT2D eigenvalue weighted by Crippen LogP contribution is -2.64. The Hall–Kier alpha value is -3.12. The molecule has 35 heavy (non-hydrogen) atoms. The maximum atomic E-state index is 12.8. The number of likely N-dealkylation sites (N-methyl/N-ethyl adjacent to an activating group) is 1. The predicted octanol–water partition coefficient (Wildman–Crippen LogP) is 3.90. The van der Waals surface area contributed by atoms with Crippen molar-refractivity contribution in [2.45, 2.75) is 31.5 Å². The van der Waals surface area contributed by atoms with Gasteiger partial charge in [-0.2, -0.15) is 24.5 Å². The van der Waals surface area contributed by atoms with Gasteiger partial charge in [0, 0.05) is 30.7 Å². The molecule has 2 N–H and O–H groups in total. The number of carbonyl (C=O) groups excluding carboxylic acids is 2. The zero-order valence-electron chi connectivity index (χ0n) is 19.3. The van der Waals surface area contributed by atoms with E-state index in [9.17, 15) is 22.8 Å². The van der Waals surface area contributed by atoms with Crippen LogP contribution in [0.1, 0.15) is 18.9 Å². The zero-order valence-corrected chi connectivity index (χ0v) is 20.2. The van der Waals surface area contributed by atoms with Gasteiger partial charge < -0.3 is 20.2 Å². The minimum Gasteiger partial charge on any atom is -0.475 e. The summed E-state index contributed by atoms with van der Waals surface area (Å²) in [5.41, 5.74) is 2.80. The van der Waals surface area contributed by atoms with E-state index in [4.69, 9.17) is 9.90 Å². The Bertz CT molecular complexity index is 1060. The summed E-state index contributed by atoms with van der Waals surface area (Å²) in [7, 11) is 2.00. The smallest absolute Gasteiger partial charge is 0.475 e. The van der Waals surface area contributed by atoms with E-state index in [1.807, 2.05) is 51.9 Å². The van der Waals surface area contributed by atoms with Gasteiger partial charge >= 0.3 is 18.2 Å². The number of amides is 3. The number of aliphatic carboxylic acids is 1. The maximum absolute atomic E-state index is 12.8. The zero-order chi connectivity index (χ0) is 25.8. The number of urea groups is 1. The van der Waals surface area contributed by atoms with E-state index < -0.39 is 12.1 Å². The summed E-state index contributed by atoms with van der Waals surface area (Å²) in [5, 5.41) is 14.2. The number of carboxylic acid groups (broad SMARTS) is 1. The summed E-state index contributed by atoms with van der Waals surface area (Å²) >= 11 is 1.59. The Balaban J connectivity index is 0.000000429. The number of nitrogens with one attached hydrogen (secondary N) is 1. The Morgan fingerprint density at radius 2 is 1.94 bits per heavy atom. The Morgan fingerprint density at radius 1 is 1.23 bits per heavy atom. The highest BCUT2D eigenvalue weighted by molar-refractivity contribution is 7.08. The highest BCUT2D eigenvalue weighted by Crippen LogP contribution is 2.34. The molecule has 8 nitrogen and oxygen atoms in total. The first-order valence-electron chi connectivity index (χ1n) is 10.9. The van der Waals surface area contributed by atoms with Gasteiger partial charge in [-0.25, -0.2) is 9.59 Å². The number of hydrogen-bond donors (Lipinski definition) is 2. The number of benzene rings is 1. The van der Waals surface area contributed by atoms with Gasteiger partial charge in [-0.05, 0) is 49.0 Å². The van der Waals surface area contributed by atoms with Crippen LogP contribution < -0.4 is 10.2 Å². The number of carboxylic acids is 1. The van der Waals surface area contributed by atoms with Crippen molar-refractivity contribution in [1.82, 2.24) is 9.80 Å². The average Bonchev–Trinajstić information content (AvgIpc) is 3.47. The molecule has 12 heteroatoms. The molecule has 1 atom stereocenters. The van der Waals surface area contributed by atoms with Gasteiger partial charge in [-0.15, -0.1) is 0 Å². The number of thiophene rings is 1. The maximum Gasteiger partial charge on any atom is 0.490 e. The monoisotopic (exact) mass is 512 g/mol. The van der Waals surface area contributed by atoms with E-state index in [0.29, 0.717) is 26.2 Å². The van der Waals surface area contributed by atoms with E-state index in [1.165, 1.54) is 5.56 Å². The first-order chi connectivity index (χ1) is 16.4. The number of rotatable bonds is 3. The first kappa shape index (κ1) is 26.5. The molecule has 2 aromatic rings. The Morgan fingerprint density at radius 3 is 2.54 bits per heavy atom. The van der Waals surface area contributed by atoms with Crippen molar-refractivity contribution >= 4 is 40.6 Å². The molecule has 1 aromatic heterocycles. The standard InChI is InChI=1S/C21H26N4O2S.C2HF3O2/c1-3-16-5-4-6-17(11-16)22-20(27)24-9-8-21(14-24)15-25(18-7-10-28-13-18)19(26)12-23(21)2;3-2(4,5)1(6)7/h4-7,10-11,13H,3,8-9,12,14-15H2,1-2H3,(H,22,27);(H,6,7).